The molecule has 4 nitrogen and oxygen atoms in total. The fraction of sp³-hybridized carbons (Fsp3) is 0.929. The highest BCUT2D eigenvalue weighted by Crippen LogP contribution is 2.25. The normalized spacial score (nSPS) is 24.1. The molecule has 4 heteroatoms. The van der Waals surface area contributed by atoms with E-state index in [1.54, 1.807) is 0 Å². The van der Waals surface area contributed by atoms with Crippen LogP contribution in [0.5, 0.6) is 0 Å². The Hall–Kier alpha value is -0.610. The van der Waals surface area contributed by atoms with E-state index in [0.29, 0.717) is 12.6 Å². The summed E-state index contributed by atoms with van der Waals surface area (Å²) < 4.78 is 0. The van der Waals surface area contributed by atoms with E-state index >= 15 is 0 Å². The number of rotatable bonds is 3. The SMILES string of the molecule is CC1CN(C(=O)C(CN)CC(C)(C)C)CCN1C. The van der Waals surface area contributed by atoms with Crippen LogP contribution in [0, 0.1) is 11.3 Å². The van der Waals surface area contributed by atoms with Crippen molar-refractivity contribution in [1.82, 2.24) is 9.80 Å². The quantitative estimate of drug-likeness (QED) is 0.823. The number of carbonyl (C=O) groups is 1. The smallest absolute Gasteiger partial charge is 0.227 e. The third-order valence-corrected chi connectivity index (χ3v) is 3.76. The summed E-state index contributed by atoms with van der Waals surface area (Å²) in [5, 5.41) is 0. The molecule has 0 saturated carbocycles. The summed E-state index contributed by atoms with van der Waals surface area (Å²) in [5.41, 5.74) is 5.94. The van der Waals surface area contributed by atoms with E-state index in [4.69, 9.17) is 5.73 Å². The van der Waals surface area contributed by atoms with Gasteiger partial charge in [-0.15, -0.1) is 0 Å². The molecule has 1 amide bonds. The van der Waals surface area contributed by atoms with Gasteiger partial charge in [0.1, 0.15) is 0 Å². The molecule has 18 heavy (non-hydrogen) atoms. The molecule has 0 aromatic carbocycles. The summed E-state index contributed by atoms with van der Waals surface area (Å²) in [4.78, 5) is 16.8. The first-order chi connectivity index (χ1) is 8.24. The molecule has 0 aromatic heterocycles. The maximum Gasteiger partial charge on any atom is 0.227 e. The van der Waals surface area contributed by atoms with Crippen LogP contribution in [0.15, 0.2) is 0 Å². The third-order valence-electron chi connectivity index (χ3n) is 3.76. The fourth-order valence-corrected chi connectivity index (χ4v) is 2.52. The predicted octanol–water partition coefficient (Wildman–Crippen LogP) is 1.16. The number of nitrogens with two attached hydrogens (primary N) is 1. The molecule has 1 aliphatic rings. The molecule has 2 atom stereocenters. The molecule has 0 aliphatic carbocycles. The number of hydrogen-bond donors (Lipinski definition) is 1. The van der Waals surface area contributed by atoms with E-state index in [2.05, 4.69) is 39.6 Å². The second-order valence-electron chi connectivity index (χ2n) is 6.81. The van der Waals surface area contributed by atoms with Gasteiger partial charge in [-0.1, -0.05) is 20.8 Å². The third kappa shape index (κ3) is 4.25. The molecular formula is C14H29N3O. The Kier molecular flexibility index (Phi) is 5.17. The Bertz CT molecular complexity index is 285. The summed E-state index contributed by atoms with van der Waals surface area (Å²) in [5.74, 6) is 0.216. The van der Waals surface area contributed by atoms with Crippen molar-refractivity contribution in [1.29, 1.82) is 0 Å². The van der Waals surface area contributed by atoms with Crippen LogP contribution in [-0.4, -0.2) is 55.0 Å². The van der Waals surface area contributed by atoms with E-state index < -0.39 is 0 Å². The zero-order valence-corrected chi connectivity index (χ0v) is 12.6. The Morgan fingerprint density at radius 2 is 2.00 bits per heavy atom. The summed E-state index contributed by atoms with van der Waals surface area (Å²) in [6, 6.07) is 0.441. The number of piperazine rings is 1. The lowest BCUT2D eigenvalue weighted by molar-refractivity contribution is -0.138. The highest BCUT2D eigenvalue weighted by Gasteiger charge is 2.30. The van der Waals surface area contributed by atoms with Crippen LogP contribution >= 0.6 is 0 Å². The summed E-state index contributed by atoms with van der Waals surface area (Å²) in [7, 11) is 2.11. The van der Waals surface area contributed by atoms with Gasteiger partial charge in [0.25, 0.3) is 0 Å². The topological polar surface area (TPSA) is 49.6 Å². The lowest BCUT2D eigenvalue weighted by Crippen LogP contribution is -2.54. The standard InChI is InChI=1S/C14H29N3O/c1-11-10-17(7-6-16(11)5)13(18)12(9-15)8-14(2,3)4/h11-12H,6-10,15H2,1-5H3. The van der Waals surface area contributed by atoms with Crippen LogP contribution < -0.4 is 5.73 Å². The molecule has 1 saturated heterocycles. The van der Waals surface area contributed by atoms with E-state index in [0.717, 1.165) is 26.1 Å². The number of hydrogen-bond acceptors (Lipinski definition) is 3. The molecule has 1 aliphatic heterocycles. The lowest BCUT2D eigenvalue weighted by Gasteiger charge is -2.39. The van der Waals surface area contributed by atoms with Gasteiger partial charge >= 0.3 is 0 Å². The van der Waals surface area contributed by atoms with Crippen LogP contribution in [0.3, 0.4) is 0 Å². The first-order valence-electron chi connectivity index (χ1n) is 6.93. The first kappa shape index (κ1) is 15.4. The van der Waals surface area contributed by atoms with Crippen molar-refractivity contribution in [3.8, 4) is 0 Å². The molecule has 0 aromatic rings. The summed E-state index contributed by atoms with van der Waals surface area (Å²) in [6.45, 7) is 11.7. The zero-order chi connectivity index (χ0) is 13.9. The van der Waals surface area contributed by atoms with Gasteiger partial charge in [-0.3, -0.25) is 4.79 Å². The minimum atomic E-state index is -0.0272. The second kappa shape index (κ2) is 6.02. The van der Waals surface area contributed by atoms with E-state index in [9.17, 15) is 4.79 Å². The van der Waals surface area contributed by atoms with Crippen molar-refractivity contribution in [3.63, 3.8) is 0 Å². The summed E-state index contributed by atoms with van der Waals surface area (Å²) >= 11 is 0. The van der Waals surface area contributed by atoms with Crippen molar-refractivity contribution in [2.45, 2.75) is 40.2 Å². The van der Waals surface area contributed by atoms with Gasteiger partial charge in [0.2, 0.25) is 5.91 Å². The minimum absolute atomic E-state index is 0.0272. The first-order valence-corrected chi connectivity index (χ1v) is 6.93. The van der Waals surface area contributed by atoms with E-state index in [1.807, 2.05) is 4.90 Å². The van der Waals surface area contributed by atoms with Crippen molar-refractivity contribution < 1.29 is 4.79 Å². The van der Waals surface area contributed by atoms with Gasteiger partial charge in [-0.2, -0.15) is 0 Å². The van der Waals surface area contributed by atoms with Gasteiger partial charge in [-0.05, 0) is 25.8 Å². The number of amides is 1. The maximum absolute atomic E-state index is 12.5. The van der Waals surface area contributed by atoms with Gasteiger partial charge < -0.3 is 15.5 Å². The zero-order valence-electron chi connectivity index (χ0n) is 12.6. The molecule has 1 rings (SSSR count). The van der Waals surface area contributed by atoms with Gasteiger partial charge in [0.15, 0.2) is 0 Å². The van der Waals surface area contributed by atoms with Gasteiger partial charge in [0, 0.05) is 32.2 Å². The number of likely N-dealkylation sites (N-methyl/N-ethyl adjacent to an activating group) is 1. The van der Waals surface area contributed by atoms with E-state index in [-0.39, 0.29) is 17.2 Å². The molecule has 0 radical (unpaired) electrons. The molecule has 1 heterocycles. The summed E-state index contributed by atoms with van der Waals surface area (Å²) in [6.07, 6.45) is 0.864. The molecular weight excluding hydrogens is 226 g/mol. The average Bonchev–Trinajstić information content (AvgIpc) is 2.27. The predicted molar refractivity (Wildman–Crippen MR) is 75.3 cm³/mol. The molecule has 0 bridgehead atoms. The monoisotopic (exact) mass is 255 g/mol. The minimum Gasteiger partial charge on any atom is -0.340 e. The van der Waals surface area contributed by atoms with Crippen LogP contribution in [0.1, 0.15) is 34.1 Å². The Labute approximate surface area is 111 Å². The number of nitrogens with zero attached hydrogens (tertiary/aromatic N) is 2. The highest BCUT2D eigenvalue weighted by atomic mass is 16.2. The second-order valence-corrected chi connectivity index (χ2v) is 6.81. The Balaban J connectivity index is 2.62. The van der Waals surface area contributed by atoms with Gasteiger partial charge in [0.05, 0.1) is 5.92 Å². The van der Waals surface area contributed by atoms with Crippen LogP contribution in [0.25, 0.3) is 0 Å². The molecule has 106 valence electrons. The maximum atomic E-state index is 12.5. The lowest BCUT2D eigenvalue weighted by atomic mass is 9.84. The fourth-order valence-electron chi connectivity index (χ4n) is 2.52. The van der Waals surface area contributed by atoms with Crippen LogP contribution in [0.2, 0.25) is 0 Å². The molecule has 2 unspecified atom stereocenters. The van der Waals surface area contributed by atoms with Crippen molar-refractivity contribution in [2.75, 3.05) is 33.2 Å². The molecule has 0 spiro atoms. The highest BCUT2D eigenvalue weighted by molar-refractivity contribution is 5.79. The molecule has 1 fully saturated rings. The van der Waals surface area contributed by atoms with Crippen molar-refractivity contribution in [3.05, 3.63) is 0 Å². The number of carbonyl (C=O) groups excluding carboxylic acids is 1. The largest absolute Gasteiger partial charge is 0.340 e. The molecule has 2 N–H and O–H groups in total. The van der Waals surface area contributed by atoms with Crippen LogP contribution in [-0.2, 0) is 4.79 Å². The van der Waals surface area contributed by atoms with Crippen molar-refractivity contribution in [2.24, 2.45) is 17.1 Å². The average molecular weight is 255 g/mol. The van der Waals surface area contributed by atoms with Crippen LogP contribution in [0.4, 0.5) is 0 Å². The van der Waals surface area contributed by atoms with Crippen molar-refractivity contribution >= 4 is 5.91 Å². The Morgan fingerprint density at radius 3 is 2.44 bits per heavy atom. The Morgan fingerprint density at radius 1 is 1.39 bits per heavy atom. The van der Waals surface area contributed by atoms with Gasteiger partial charge in [-0.25, -0.2) is 0 Å². The van der Waals surface area contributed by atoms with E-state index in [1.165, 1.54) is 0 Å².